The van der Waals surface area contributed by atoms with Crippen molar-refractivity contribution in [3.63, 3.8) is 0 Å². The fourth-order valence-corrected chi connectivity index (χ4v) is 3.75. The highest BCUT2D eigenvalue weighted by Crippen LogP contribution is 2.51. The average molecular weight is 278 g/mol. The fourth-order valence-electron chi connectivity index (χ4n) is 3.75. The Morgan fingerprint density at radius 3 is 3.10 bits per heavy atom. The smallest absolute Gasteiger partial charge is 0.410 e. The number of anilines is 1. The molecule has 1 fully saturated rings. The van der Waals surface area contributed by atoms with Crippen molar-refractivity contribution in [3.8, 4) is 5.75 Å². The van der Waals surface area contributed by atoms with Gasteiger partial charge in [-0.25, -0.2) is 4.79 Å². The van der Waals surface area contributed by atoms with Crippen LogP contribution in [-0.2, 0) is 5.41 Å². The lowest BCUT2D eigenvalue weighted by Crippen LogP contribution is -2.45. The molecule has 2 heterocycles. The Balaban J connectivity index is 1.87. The van der Waals surface area contributed by atoms with Crippen LogP contribution in [0, 0.1) is 0 Å². The predicted molar refractivity (Wildman–Crippen MR) is 78.3 cm³/mol. The number of ether oxygens (including phenoxy) is 1. The van der Waals surface area contributed by atoms with Gasteiger partial charge in [-0.1, -0.05) is 6.92 Å². The van der Waals surface area contributed by atoms with Crippen molar-refractivity contribution in [3.05, 3.63) is 23.8 Å². The average Bonchev–Trinajstić information content (AvgIpc) is 2.83. The monoisotopic (exact) mass is 278 g/mol. The first-order chi connectivity index (χ1) is 10.6. The number of likely N-dealkylation sites (N-methyl/N-ethyl adjacent to an activating group) is 2. The van der Waals surface area contributed by atoms with Crippen molar-refractivity contribution in [1.82, 2.24) is 10.2 Å². The van der Waals surface area contributed by atoms with E-state index in [0.717, 1.165) is 24.2 Å². The van der Waals surface area contributed by atoms with E-state index in [-0.39, 0.29) is 11.6 Å². The molecule has 2 aliphatic rings. The van der Waals surface area contributed by atoms with Crippen LogP contribution in [0.2, 0.25) is 0 Å². The second kappa shape index (κ2) is 4.38. The van der Waals surface area contributed by atoms with Gasteiger partial charge in [-0.2, -0.15) is 0 Å². The molecule has 2 aliphatic heterocycles. The van der Waals surface area contributed by atoms with Crippen molar-refractivity contribution in [2.24, 2.45) is 0 Å². The zero-order valence-corrected chi connectivity index (χ0v) is 11.9. The molecule has 0 radical (unpaired) electrons. The topological polar surface area (TPSA) is 44.8 Å². The van der Waals surface area contributed by atoms with Crippen molar-refractivity contribution in [2.75, 3.05) is 32.5 Å². The van der Waals surface area contributed by atoms with Crippen LogP contribution in [0.25, 0.3) is 0 Å². The van der Waals surface area contributed by atoms with Crippen LogP contribution in [0.1, 0.15) is 23.0 Å². The zero-order valence-electron chi connectivity index (χ0n) is 14.9. The summed E-state index contributed by atoms with van der Waals surface area (Å²) >= 11 is 0. The van der Waals surface area contributed by atoms with E-state index in [2.05, 4.69) is 30.8 Å². The first-order valence-electron chi connectivity index (χ1n) is 8.19. The van der Waals surface area contributed by atoms with E-state index >= 15 is 0 Å². The maximum atomic E-state index is 11.6. The van der Waals surface area contributed by atoms with E-state index in [1.54, 1.807) is 6.07 Å². The molecule has 0 bridgehead atoms. The lowest BCUT2D eigenvalue weighted by atomic mass is 9.81. The zero-order chi connectivity index (χ0) is 17.0. The number of nitrogens with zero attached hydrogens (tertiary/aromatic N) is 2. The molecular weight excluding hydrogens is 254 g/mol. The van der Waals surface area contributed by atoms with Crippen LogP contribution in [-0.4, -0.2) is 44.8 Å². The molecule has 0 aliphatic carbocycles. The van der Waals surface area contributed by atoms with Crippen LogP contribution in [0.4, 0.5) is 10.5 Å². The molecule has 1 aromatic rings. The van der Waals surface area contributed by atoms with E-state index in [4.69, 9.17) is 8.85 Å². The molecule has 3 rings (SSSR count). The van der Waals surface area contributed by atoms with Gasteiger partial charge in [0.05, 0.1) is 6.17 Å². The molecule has 5 heteroatoms. The second-order valence-corrected chi connectivity index (χ2v) is 5.83. The number of nitrogens with one attached hydrogen (secondary N) is 1. The molecule has 0 spiro atoms. The summed E-state index contributed by atoms with van der Waals surface area (Å²) in [6, 6.07) is 5.47. The minimum Gasteiger partial charge on any atom is -0.410 e. The number of likely N-dealkylation sites (tertiary alicyclic amines) is 1. The third-order valence-electron chi connectivity index (χ3n) is 4.61. The summed E-state index contributed by atoms with van der Waals surface area (Å²) < 4.78 is 26.2. The molecule has 0 aromatic heterocycles. The Bertz CT molecular complexity index is 649. The van der Waals surface area contributed by atoms with Gasteiger partial charge in [-0.3, -0.25) is 4.90 Å². The summed E-state index contributed by atoms with van der Waals surface area (Å²) in [6.45, 7) is 0.671. The lowest BCUT2D eigenvalue weighted by Gasteiger charge is -2.32. The number of fused-ring (bicyclic) bond motifs is 3. The third-order valence-corrected chi connectivity index (χ3v) is 4.61. The fraction of sp³-hybridized carbons (Fsp3) is 0.533. The highest BCUT2D eigenvalue weighted by molar-refractivity contribution is 5.72. The maximum absolute atomic E-state index is 11.6. The van der Waals surface area contributed by atoms with Crippen molar-refractivity contribution in [1.29, 1.82) is 0 Å². The van der Waals surface area contributed by atoms with E-state index < -0.39 is 13.1 Å². The molecular formula is C15H21N3O2. The normalized spacial score (nSPS) is 31.1. The molecule has 0 saturated carbocycles. The lowest BCUT2D eigenvalue weighted by molar-refractivity contribution is 0.203. The third kappa shape index (κ3) is 1.69. The van der Waals surface area contributed by atoms with E-state index in [1.807, 2.05) is 17.4 Å². The standard InChI is InChI=1S/C15H21N3O2/c1-15-7-8-17(3)13(15)18(4)12-6-5-10(9-11(12)15)20-14(19)16-2/h5-6,9,13H,7-8H2,1-4H3,(H,16,19)/t13-,15+/m1/s1/i2D3. The number of hydrogen-bond acceptors (Lipinski definition) is 4. The summed E-state index contributed by atoms with van der Waals surface area (Å²) in [5.41, 5.74) is 2.22. The quantitative estimate of drug-likeness (QED) is 0.850. The second-order valence-electron chi connectivity index (χ2n) is 5.83. The predicted octanol–water partition coefficient (Wildman–Crippen LogP) is 1.77. The summed E-state index contributed by atoms with van der Waals surface area (Å²) in [6.07, 6.45) is 0.335. The van der Waals surface area contributed by atoms with Gasteiger partial charge in [0.1, 0.15) is 5.75 Å². The van der Waals surface area contributed by atoms with Crippen LogP contribution in [0.15, 0.2) is 18.2 Å². The first-order valence-corrected chi connectivity index (χ1v) is 6.69. The Labute approximate surface area is 123 Å². The summed E-state index contributed by atoms with van der Waals surface area (Å²) in [5, 5.41) is 1.83. The minimum absolute atomic E-state index is 0.0291. The van der Waals surface area contributed by atoms with Gasteiger partial charge in [-0.05, 0) is 37.2 Å². The molecule has 108 valence electrons. The van der Waals surface area contributed by atoms with Crippen molar-refractivity contribution >= 4 is 11.8 Å². The van der Waals surface area contributed by atoms with Crippen LogP contribution in [0.3, 0.4) is 0 Å². The summed E-state index contributed by atoms with van der Waals surface area (Å²) in [7, 11) is 4.18. The van der Waals surface area contributed by atoms with Gasteiger partial charge in [0.15, 0.2) is 0 Å². The van der Waals surface area contributed by atoms with E-state index in [9.17, 15) is 4.79 Å². The van der Waals surface area contributed by atoms with Crippen molar-refractivity contribution in [2.45, 2.75) is 24.9 Å². The number of rotatable bonds is 1. The van der Waals surface area contributed by atoms with Crippen LogP contribution in [0.5, 0.6) is 5.75 Å². The maximum Gasteiger partial charge on any atom is 0.412 e. The van der Waals surface area contributed by atoms with Gasteiger partial charge < -0.3 is 15.0 Å². The van der Waals surface area contributed by atoms with Gasteiger partial charge in [-0.15, -0.1) is 0 Å². The van der Waals surface area contributed by atoms with E-state index in [0.29, 0.717) is 5.75 Å². The van der Waals surface area contributed by atoms with Crippen LogP contribution >= 0.6 is 0 Å². The van der Waals surface area contributed by atoms with Crippen molar-refractivity contribution < 1.29 is 13.6 Å². The Morgan fingerprint density at radius 1 is 1.55 bits per heavy atom. The number of benzene rings is 1. The molecule has 1 amide bonds. The minimum atomic E-state index is -2.56. The SMILES string of the molecule is [2H]C([2H])([2H])NC(=O)Oc1ccc2c(c1)[C@]1(C)CCN(C)[C@@H]1N2C. The Kier molecular flexibility index (Phi) is 2.20. The molecule has 1 N–H and O–H groups in total. The van der Waals surface area contributed by atoms with Gasteiger partial charge in [0, 0.05) is 35.8 Å². The number of amides is 1. The highest BCUT2D eigenvalue weighted by Gasteiger charge is 2.52. The summed E-state index contributed by atoms with van der Waals surface area (Å²) in [4.78, 5) is 16.2. The molecule has 20 heavy (non-hydrogen) atoms. The number of carbonyl (C=O) groups excluding carboxylic acids is 1. The molecule has 5 nitrogen and oxygen atoms in total. The number of hydrogen-bond donors (Lipinski definition) is 1. The van der Waals surface area contributed by atoms with Gasteiger partial charge >= 0.3 is 6.09 Å². The Morgan fingerprint density at radius 2 is 2.35 bits per heavy atom. The van der Waals surface area contributed by atoms with E-state index in [1.165, 1.54) is 0 Å². The highest BCUT2D eigenvalue weighted by atomic mass is 16.5. The van der Waals surface area contributed by atoms with Gasteiger partial charge in [0.25, 0.3) is 0 Å². The van der Waals surface area contributed by atoms with Gasteiger partial charge in [0.2, 0.25) is 0 Å². The molecule has 2 atom stereocenters. The summed E-state index contributed by atoms with van der Waals surface area (Å²) in [5.74, 6) is 0.357. The Hall–Kier alpha value is -1.75. The molecule has 0 unspecified atom stereocenters. The first kappa shape index (κ1) is 10.0. The van der Waals surface area contributed by atoms with Crippen LogP contribution < -0.4 is 15.0 Å². The number of carbonyl (C=O) groups is 1. The molecule has 1 saturated heterocycles. The largest absolute Gasteiger partial charge is 0.412 e. The molecule has 1 aromatic carbocycles.